The SMILES string of the molecule is Cl.Cl.NNCc1cccc(Br)c1. The zero-order valence-electron chi connectivity index (χ0n) is 6.29. The molecule has 1 rings (SSSR count). The molecule has 0 fully saturated rings. The van der Waals surface area contributed by atoms with Crippen LogP contribution in [-0.4, -0.2) is 0 Å². The Balaban J connectivity index is 0. The van der Waals surface area contributed by atoms with Crippen LogP contribution in [0, 0.1) is 0 Å². The largest absolute Gasteiger partial charge is 0.271 e. The smallest absolute Gasteiger partial charge is 0.0349 e. The first-order valence-corrected chi connectivity index (χ1v) is 3.80. The first-order chi connectivity index (χ1) is 4.83. The Bertz CT molecular complexity index is 220. The lowest BCUT2D eigenvalue weighted by Crippen LogP contribution is -2.20. The van der Waals surface area contributed by atoms with Crippen LogP contribution in [0.15, 0.2) is 28.7 Å². The second kappa shape index (κ2) is 7.83. The van der Waals surface area contributed by atoms with Gasteiger partial charge in [-0.2, -0.15) is 0 Å². The van der Waals surface area contributed by atoms with Crippen LogP contribution >= 0.6 is 40.7 Å². The third kappa shape index (κ3) is 4.95. The number of benzene rings is 1. The monoisotopic (exact) mass is 272 g/mol. The highest BCUT2D eigenvalue weighted by Gasteiger charge is 1.89. The molecule has 0 heterocycles. The van der Waals surface area contributed by atoms with E-state index in [0.717, 1.165) is 4.47 Å². The predicted octanol–water partition coefficient (Wildman–Crippen LogP) is 2.26. The van der Waals surface area contributed by atoms with Crippen molar-refractivity contribution >= 4 is 40.7 Å². The molecule has 1 aromatic carbocycles. The van der Waals surface area contributed by atoms with E-state index in [4.69, 9.17) is 5.84 Å². The summed E-state index contributed by atoms with van der Waals surface area (Å²) >= 11 is 3.36. The average molecular weight is 274 g/mol. The minimum absolute atomic E-state index is 0. The minimum atomic E-state index is 0. The van der Waals surface area contributed by atoms with Crippen molar-refractivity contribution in [3.8, 4) is 0 Å². The van der Waals surface area contributed by atoms with Crippen molar-refractivity contribution < 1.29 is 0 Å². The highest BCUT2D eigenvalue weighted by Crippen LogP contribution is 2.10. The average Bonchev–Trinajstić information content (AvgIpc) is 1.88. The van der Waals surface area contributed by atoms with Crippen molar-refractivity contribution in [2.45, 2.75) is 6.54 Å². The van der Waals surface area contributed by atoms with Gasteiger partial charge in [0.25, 0.3) is 0 Å². The molecule has 0 unspecified atom stereocenters. The fourth-order valence-corrected chi connectivity index (χ4v) is 1.21. The van der Waals surface area contributed by atoms with Crippen LogP contribution in [0.4, 0.5) is 0 Å². The van der Waals surface area contributed by atoms with Crippen molar-refractivity contribution in [1.29, 1.82) is 0 Å². The highest BCUT2D eigenvalue weighted by atomic mass is 79.9. The Morgan fingerprint density at radius 1 is 1.33 bits per heavy atom. The molecule has 0 radical (unpaired) electrons. The van der Waals surface area contributed by atoms with Gasteiger partial charge in [0.05, 0.1) is 0 Å². The molecule has 2 nitrogen and oxygen atoms in total. The Morgan fingerprint density at radius 3 is 2.50 bits per heavy atom. The van der Waals surface area contributed by atoms with Crippen LogP contribution in [0.2, 0.25) is 0 Å². The number of hydrogen-bond donors (Lipinski definition) is 2. The first kappa shape index (κ1) is 14.7. The van der Waals surface area contributed by atoms with Crippen molar-refractivity contribution in [3.05, 3.63) is 34.3 Å². The number of hydrogen-bond acceptors (Lipinski definition) is 2. The van der Waals surface area contributed by atoms with Gasteiger partial charge in [-0.1, -0.05) is 28.1 Å². The number of rotatable bonds is 2. The molecule has 12 heavy (non-hydrogen) atoms. The first-order valence-electron chi connectivity index (χ1n) is 3.01. The van der Waals surface area contributed by atoms with Crippen LogP contribution < -0.4 is 11.3 Å². The molecule has 0 aliphatic rings. The molecule has 0 aromatic heterocycles. The van der Waals surface area contributed by atoms with Crippen LogP contribution in [0.3, 0.4) is 0 Å². The van der Waals surface area contributed by atoms with Gasteiger partial charge < -0.3 is 0 Å². The lowest BCUT2D eigenvalue weighted by Gasteiger charge is -1.98. The van der Waals surface area contributed by atoms with Gasteiger partial charge in [-0.15, -0.1) is 24.8 Å². The predicted molar refractivity (Wildman–Crippen MR) is 59.7 cm³/mol. The van der Waals surface area contributed by atoms with Crippen LogP contribution in [0.1, 0.15) is 5.56 Å². The molecule has 0 saturated carbocycles. The van der Waals surface area contributed by atoms with E-state index in [1.165, 1.54) is 5.56 Å². The fraction of sp³-hybridized carbons (Fsp3) is 0.143. The number of halogens is 3. The summed E-state index contributed by atoms with van der Waals surface area (Å²) < 4.78 is 1.08. The molecule has 0 saturated heterocycles. The molecule has 1 aromatic rings. The standard InChI is InChI=1S/C7H9BrN2.2ClH/c8-7-3-1-2-6(4-7)5-10-9;;/h1-4,10H,5,9H2;2*1H. The quantitative estimate of drug-likeness (QED) is 0.641. The molecule has 0 bridgehead atoms. The van der Waals surface area contributed by atoms with Gasteiger partial charge in [-0.25, -0.2) is 0 Å². The Morgan fingerprint density at radius 2 is 2.00 bits per heavy atom. The van der Waals surface area contributed by atoms with E-state index < -0.39 is 0 Å². The number of nitrogens with one attached hydrogen (secondary N) is 1. The van der Waals surface area contributed by atoms with Crippen molar-refractivity contribution in [1.82, 2.24) is 5.43 Å². The number of nitrogens with two attached hydrogens (primary N) is 1. The summed E-state index contributed by atoms with van der Waals surface area (Å²) in [7, 11) is 0. The van der Waals surface area contributed by atoms with Gasteiger partial charge in [0.2, 0.25) is 0 Å². The van der Waals surface area contributed by atoms with Crippen LogP contribution in [-0.2, 0) is 6.54 Å². The minimum Gasteiger partial charge on any atom is -0.271 e. The second-order valence-corrected chi connectivity index (χ2v) is 2.93. The summed E-state index contributed by atoms with van der Waals surface area (Å²) in [6.45, 7) is 0.708. The van der Waals surface area contributed by atoms with Gasteiger partial charge >= 0.3 is 0 Å². The Labute approximate surface area is 92.8 Å². The van der Waals surface area contributed by atoms with Crippen LogP contribution in [0.5, 0.6) is 0 Å². The van der Waals surface area contributed by atoms with Crippen molar-refractivity contribution in [2.24, 2.45) is 5.84 Å². The molecule has 70 valence electrons. The number of hydrazine groups is 1. The van der Waals surface area contributed by atoms with E-state index in [1.54, 1.807) is 0 Å². The van der Waals surface area contributed by atoms with Gasteiger partial charge in [0.15, 0.2) is 0 Å². The van der Waals surface area contributed by atoms with E-state index in [9.17, 15) is 0 Å². The van der Waals surface area contributed by atoms with E-state index in [-0.39, 0.29) is 24.8 Å². The normalized spacial score (nSPS) is 8.17. The van der Waals surface area contributed by atoms with Crippen molar-refractivity contribution in [3.63, 3.8) is 0 Å². The molecular formula is C7H11BrCl2N2. The summed E-state index contributed by atoms with van der Waals surface area (Å²) in [5.74, 6) is 5.15. The second-order valence-electron chi connectivity index (χ2n) is 2.01. The van der Waals surface area contributed by atoms with E-state index >= 15 is 0 Å². The molecule has 0 amide bonds. The molecule has 5 heteroatoms. The summed E-state index contributed by atoms with van der Waals surface area (Å²) in [6.07, 6.45) is 0. The van der Waals surface area contributed by atoms with Gasteiger partial charge in [0.1, 0.15) is 0 Å². The molecule has 0 aliphatic heterocycles. The zero-order chi connectivity index (χ0) is 7.40. The summed E-state index contributed by atoms with van der Waals surface area (Å²) in [5.41, 5.74) is 3.77. The lowest BCUT2D eigenvalue weighted by molar-refractivity contribution is 0.741. The third-order valence-corrected chi connectivity index (χ3v) is 1.69. The zero-order valence-corrected chi connectivity index (χ0v) is 9.51. The fourth-order valence-electron chi connectivity index (χ4n) is 0.765. The summed E-state index contributed by atoms with van der Waals surface area (Å²) in [6, 6.07) is 8.02. The maximum absolute atomic E-state index is 5.15. The molecular weight excluding hydrogens is 263 g/mol. The Hall–Kier alpha value is 0.200. The molecule has 3 N–H and O–H groups in total. The summed E-state index contributed by atoms with van der Waals surface area (Å²) in [4.78, 5) is 0. The summed E-state index contributed by atoms with van der Waals surface area (Å²) in [5, 5.41) is 0. The molecule has 0 atom stereocenters. The highest BCUT2D eigenvalue weighted by molar-refractivity contribution is 9.10. The van der Waals surface area contributed by atoms with E-state index in [1.807, 2.05) is 24.3 Å². The van der Waals surface area contributed by atoms with Crippen molar-refractivity contribution in [2.75, 3.05) is 0 Å². The van der Waals surface area contributed by atoms with Gasteiger partial charge in [0, 0.05) is 11.0 Å². The topological polar surface area (TPSA) is 38.0 Å². The maximum atomic E-state index is 5.15. The third-order valence-electron chi connectivity index (χ3n) is 1.20. The van der Waals surface area contributed by atoms with Gasteiger partial charge in [-0.05, 0) is 17.7 Å². The van der Waals surface area contributed by atoms with E-state index in [2.05, 4.69) is 21.4 Å². The lowest BCUT2D eigenvalue weighted by atomic mass is 10.2. The molecule has 0 spiro atoms. The van der Waals surface area contributed by atoms with E-state index in [0.29, 0.717) is 6.54 Å². The van der Waals surface area contributed by atoms with Crippen LogP contribution in [0.25, 0.3) is 0 Å². The maximum Gasteiger partial charge on any atom is 0.0349 e. The van der Waals surface area contributed by atoms with Gasteiger partial charge in [-0.3, -0.25) is 11.3 Å². The Kier molecular flexibility index (Phi) is 9.60. The molecule has 0 aliphatic carbocycles.